The van der Waals surface area contributed by atoms with E-state index < -0.39 is 0 Å². The van der Waals surface area contributed by atoms with Crippen LogP contribution in [0.25, 0.3) is 0 Å². The highest BCUT2D eigenvalue weighted by molar-refractivity contribution is 5.48. The summed E-state index contributed by atoms with van der Waals surface area (Å²) in [6.07, 6.45) is 0. The molecule has 0 saturated carbocycles. The molecular weight excluding hydrogens is 124 g/mol. The first-order valence-corrected chi connectivity index (χ1v) is 3.29. The van der Waals surface area contributed by atoms with E-state index in [-0.39, 0.29) is 0 Å². The van der Waals surface area contributed by atoms with E-state index in [1.54, 1.807) is 0 Å². The number of anilines is 1. The lowest BCUT2D eigenvalue weighted by molar-refractivity contribution is 1.07. The lowest BCUT2D eigenvalue weighted by Gasteiger charge is -2.01. The molecule has 0 unspecified atom stereocenters. The van der Waals surface area contributed by atoms with Crippen LogP contribution in [0.4, 0.5) is 5.69 Å². The molecular formula is C8H12N2. The van der Waals surface area contributed by atoms with Crippen LogP contribution < -0.4 is 11.5 Å². The van der Waals surface area contributed by atoms with E-state index in [4.69, 9.17) is 11.5 Å². The maximum Gasteiger partial charge on any atom is 0.0346 e. The molecule has 0 aliphatic rings. The van der Waals surface area contributed by atoms with E-state index in [1.807, 2.05) is 25.1 Å². The number of hydrogen-bond acceptors (Lipinski definition) is 2. The molecule has 0 fully saturated rings. The first-order chi connectivity index (χ1) is 4.74. The largest absolute Gasteiger partial charge is 0.399 e. The molecule has 0 radical (unpaired) electrons. The van der Waals surface area contributed by atoms with Crippen LogP contribution in [0.1, 0.15) is 11.1 Å². The van der Waals surface area contributed by atoms with Crippen molar-refractivity contribution in [3.63, 3.8) is 0 Å². The zero-order chi connectivity index (χ0) is 7.56. The monoisotopic (exact) mass is 136 g/mol. The summed E-state index contributed by atoms with van der Waals surface area (Å²) in [6.45, 7) is 2.54. The molecule has 4 N–H and O–H groups in total. The Morgan fingerprint density at radius 3 is 2.60 bits per heavy atom. The minimum absolute atomic E-state index is 0.560. The summed E-state index contributed by atoms with van der Waals surface area (Å²) in [4.78, 5) is 0. The zero-order valence-corrected chi connectivity index (χ0v) is 6.09. The van der Waals surface area contributed by atoms with Gasteiger partial charge in [-0.1, -0.05) is 12.1 Å². The zero-order valence-electron chi connectivity index (χ0n) is 6.09. The molecule has 0 aliphatic carbocycles. The van der Waals surface area contributed by atoms with Gasteiger partial charge < -0.3 is 11.5 Å². The Morgan fingerprint density at radius 1 is 1.40 bits per heavy atom. The van der Waals surface area contributed by atoms with Gasteiger partial charge in [-0.25, -0.2) is 0 Å². The lowest BCUT2D eigenvalue weighted by Crippen LogP contribution is -1.98. The van der Waals surface area contributed by atoms with Crippen LogP contribution in [-0.4, -0.2) is 0 Å². The molecule has 0 aliphatic heterocycles. The first kappa shape index (κ1) is 7.09. The van der Waals surface area contributed by atoms with Crippen molar-refractivity contribution in [2.24, 2.45) is 5.73 Å². The van der Waals surface area contributed by atoms with Crippen LogP contribution >= 0.6 is 0 Å². The highest BCUT2D eigenvalue weighted by atomic mass is 14.6. The van der Waals surface area contributed by atoms with E-state index in [9.17, 15) is 0 Å². The normalized spacial score (nSPS) is 9.80. The van der Waals surface area contributed by atoms with Gasteiger partial charge in [0.25, 0.3) is 0 Å². The quantitative estimate of drug-likeness (QED) is 0.567. The number of benzene rings is 1. The number of nitrogens with two attached hydrogens (primary N) is 2. The minimum atomic E-state index is 0.560. The molecule has 10 heavy (non-hydrogen) atoms. The van der Waals surface area contributed by atoms with Gasteiger partial charge in [-0.05, 0) is 24.1 Å². The average molecular weight is 136 g/mol. The van der Waals surface area contributed by atoms with Crippen molar-refractivity contribution in [2.45, 2.75) is 13.5 Å². The highest BCUT2D eigenvalue weighted by Gasteiger charge is 1.92. The second-order valence-corrected chi connectivity index (χ2v) is 2.40. The molecule has 0 heterocycles. The van der Waals surface area contributed by atoms with Crippen LogP contribution in [0.5, 0.6) is 0 Å². The van der Waals surface area contributed by atoms with Gasteiger partial charge in [0.05, 0.1) is 0 Å². The second-order valence-electron chi connectivity index (χ2n) is 2.40. The molecule has 2 nitrogen and oxygen atoms in total. The Balaban J connectivity index is 3.04. The average Bonchev–Trinajstić information content (AvgIpc) is 1.95. The summed E-state index contributed by atoms with van der Waals surface area (Å²) in [5.74, 6) is 0. The van der Waals surface area contributed by atoms with Crippen molar-refractivity contribution in [3.05, 3.63) is 29.3 Å². The highest BCUT2D eigenvalue weighted by Crippen LogP contribution is 2.11. The van der Waals surface area contributed by atoms with E-state index >= 15 is 0 Å². The van der Waals surface area contributed by atoms with Crippen LogP contribution in [0.3, 0.4) is 0 Å². The summed E-state index contributed by atoms with van der Waals surface area (Å²) in [6, 6.07) is 5.89. The molecule has 0 amide bonds. The Bertz CT molecular complexity index is 231. The molecule has 0 aromatic heterocycles. The molecule has 1 aromatic rings. The first-order valence-electron chi connectivity index (χ1n) is 3.29. The Kier molecular flexibility index (Phi) is 1.92. The summed E-state index contributed by atoms with van der Waals surface area (Å²) in [7, 11) is 0. The van der Waals surface area contributed by atoms with Crippen molar-refractivity contribution in [2.75, 3.05) is 5.73 Å². The maximum atomic E-state index is 5.64. The molecule has 1 rings (SSSR count). The second kappa shape index (κ2) is 2.71. The van der Waals surface area contributed by atoms with Crippen LogP contribution in [0, 0.1) is 6.92 Å². The molecule has 1 aromatic carbocycles. The fraction of sp³-hybridized carbons (Fsp3) is 0.250. The molecule has 0 atom stereocenters. The van der Waals surface area contributed by atoms with E-state index in [0.717, 1.165) is 16.8 Å². The molecule has 54 valence electrons. The van der Waals surface area contributed by atoms with Gasteiger partial charge >= 0.3 is 0 Å². The van der Waals surface area contributed by atoms with E-state index in [0.29, 0.717) is 6.54 Å². The Labute approximate surface area is 60.8 Å². The van der Waals surface area contributed by atoms with Crippen molar-refractivity contribution >= 4 is 5.69 Å². The minimum Gasteiger partial charge on any atom is -0.399 e. The molecule has 0 spiro atoms. The van der Waals surface area contributed by atoms with Gasteiger partial charge in [-0.2, -0.15) is 0 Å². The van der Waals surface area contributed by atoms with Gasteiger partial charge in [-0.15, -0.1) is 0 Å². The third-order valence-electron chi connectivity index (χ3n) is 1.58. The number of hydrogen-bond donors (Lipinski definition) is 2. The number of aryl methyl sites for hydroxylation is 1. The molecule has 2 heteroatoms. The topological polar surface area (TPSA) is 52.0 Å². The van der Waals surface area contributed by atoms with Gasteiger partial charge in [0.2, 0.25) is 0 Å². The summed E-state index contributed by atoms with van der Waals surface area (Å²) in [5.41, 5.74) is 14.1. The SMILES string of the molecule is Cc1ccc(CN)cc1N. The predicted octanol–water partition coefficient (Wildman–Crippen LogP) is 1.04. The van der Waals surface area contributed by atoms with Gasteiger partial charge in [0.15, 0.2) is 0 Å². The standard InChI is InChI=1S/C8H12N2/c1-6-2-3-7(5-9)4-8(6)10/h2-4H,5,9-10H2,1H3. The van der Waals surface area contributed by atoms with Gasteiger partial charge in [-0.3, -0.25) is 0 Å². The van der Waals surface area contributed by atoms with Crippen molar-refractivity contribution in [1.29, 1.82) is 0 Å². The Hall–Kier alpha value is -1.02. The summed E-state index contributed by atoms with van der Waals surface area (Å²) >= 11 is 0. The van der Waals surface area contributed by atoms with Crippen molar-refractivity contribution in [1.82, 2.24) is 0 Å². The van der Waals surface area contributed by atoms with Crippen molar-refractivity contribution in [3.8, 4) is 0 Å². The summed E-state index contributed by atoms with van der Waals surface area (Å²) < 4.78 is 0. The van der Waals surface area contributed by atoms with Crippen LogP contribution in [-0.2, 0) is 6.54 Å². The summed E-state index contributed by atoms with van der Waals surface area (Å²) in [5, 5.41) is 0. The van der Waals surface area contributed by atoms with Gasteiger partial charge in [0, 0.05) is 12.2 Å². The van der Waals surface area contributed by atoms with E-state index in [2.05, 4.69) is 0 Å². The van der Waals surface area contributed by atoms with Crippen LogP contribution in [0.2, 0.25) is 0 Å². The molecule has 0 saturated heterocycles. The van der Waals surface area contributed by atoms with Crippen molar-refractivity contribution < 1.29 is 0 Å². The van der Waals surface area contributed by atoms with Gasteiger partial charge in [0.1, 0.15) is 0 Å². The maximum absolute atomic E-state index is 5.64. The number of nitrogen functional groups attached to an aromatic ring is 1. The smallest absolute Gasteiger partial charge is 0.0346 e. The third-order valence-corrected chi connectivity index (χ3v) is 1.58. The Morgan fingerprint density at radius 2 is 2.10 bits per heavy atom. The fourth-order valence-corrected chi connectivity index (χ4v) is 0.817. The fourth-order valence-electron chi connectivity index (χ4n) is 0.817. The predicted molar refractivity (Wildman–Crippen MR) is 43.5 cm³/mol. The van der Waals surface area contributed by atoms with Crippen LogP contribution in [0.15, 0.2) is 18.2 Å². The number of rotatable bonds is 1. The lowest BCUT2D eigenvalue weighted by atomic mass is 10.1. The van der Waals surface area contributed by atoms with E-state index in [1.165, 1.54) is 0 Å². The third kappa shape index (κ3) is 1.28. The molecule has 0 bridgehead atoms.